The molecule has 2 atom stereocenters. The molecule has 180 valence electrons. The van der Waals surface area contributed by atoms with E-state index in [4.69, 9.17) is 19.9 Å². The van der Waals surface area contributed by atoms with Gasteiger partial charge in [0.05, 0.1) is 50.4 Å². The first-order chi connectivity index (χ1) is 16.8. The van der Waals surface area contributed by atoms with Gasteiger partial charge in [-0.05, 0) is 30.2 Å². The smallest absolute Gasteiger partial charge is 0.355 e. The van der Waals surface area contributed by atoms with Gasteiger partial charge in [0.1, 0.15) is 11.5 Å². The lowest BCUT2D eigenvalue weighted by atomic mass is 9.81. The van der Waals surface area contributed by atoms with E-state index in [0.29, 0.717) is 16.8 Å². The molecule has 9 heteroatoms. The largest absolute Gasteiger partial charge is 0.469 e. The quantitative estimate of drug-likeness (QED) is 0.495. The van der Waals surface area contributed by atoms with Gasteiger partial charge in [-0.25, -0.2) is 9.59 Å². The van der Waals surface area contributed by atoms with E-state index >= 15 is 0 Å². The lowest BCUT2D eigenvalue weighted by Gasteiger charge is -2.36. The van der Waals surface area contributed by atoms with E-state index in [0.717, 1.165) is 0 Å². The first-order valence-corrected chi connectivity index (χ1v) is 10.6. The van der Waals surface area contributed by atoms with E-state index in [2.05, 4.69) is 6.07 Å². The maximum Gasteiger partial charge on any atom is 0.355 e. The number of ether oxygens (including phenoxy) is 3. The molecule has 2 aromatic rings. The Morgan fingerprint density at radius 2 is 1.54 bits per heavy atom. The Morgan fingerprint density at radius 1 is 0.943 bits per heavy atom. The van der Waals surface area contributed by atoms with Crippen LogP contribution in [0.3, 0.4) is 0 Å². The van der Waals surface area contributed by atoms with Crippen LogP contribution < -0.4 is 10.6 Å². The molecule has 0 aromatic heterocycles. The number of methoxy groups -OCH3 is 3. The number of carbonyl (C=O) groups excluding carboxylic acids is 3. The van der Waals surface area contributed by atoms with Crippen LogP contribution in [0.5, 0.6) is 0 Å². The van der Waals surface area contributed by atoms with E-state index in [1.165, 1.54) is 26.2 Å². The fraction of sp³-hybridized carbons (Fsp3) is 0.231. The first kappa shape index (κ1) is 25.1. The lowest BCUT2D eigenvalue weighted by molar-refractivity contribution is -0.142. The second-order valence-electron chi connectivity index (χ2n) is 7.67. The van der Waals surface area contributed by atoms with E-state index in [9.17, 15) is 19.6 Å². The second-order valence-corrected chi connectivity index (χ2v) is 7.67. The molecule has 0 amide bonds. The molecule has 2 N–H and O–H groups in total. The molecule has 1 aliphatic heterocycles. The molecule has 0 saturated carbocycles. The van der Waals surface area contributed by atoms with Crippen LogP contribution in [-0.2, 0) is 28.6 Å². The highest BCUT2D eigenvalue weighted by atomic mass is 16.5. The highest BCUT2D eigenvalue weighted by molar-refractivity contribution is 6.06. The summed E-state index contributed by atoms with van der Waals surface area (Å²) in [4.78, 5) is 39.3. The third-order valence-electron chi connectivity index (χ3n) is 5.82. The molecule has 1 heterocycles. The summed E-state index contributed by atoms with van der Waals surface area (Å²) < 4.78 is 14.8. The number of hydrogen-bond donors (Lipinski definition) is 1. The molecular weight excluding hydrogens is 450 g/mol. The number of nitriles is 1. The fourth-order valence-corrected chi connectivity index (χ4v) is 4.01. The van der Waals surface area contributed by atoms with Crippen LogP contribution in [0.4, 0.5) is 5.69 Å². The van der Waals surface area contributed by atoms with Gasteiger partial charge in [0.2, 0.25) is 0 Å². The van der Waals surface area contributed by atoms with Gasteiger partial charge in [-0.3, -0.25) is 9.69 Å². The van der Waals surface area contributed by atoms with Gasteiger partial charge in [-0.15, -0.1) is 0 Å². The lowest BCUT2D eigenvalue weighted by Crippen LogP contribution is -2.40. The van der Waals surface area contributed by atoms with Crippen molar-refractivity contribution in [2.75, 3.05) is 26.2 Å². The highest BCUT2D eigenvalue weighted by Crippen LogP contribution is 2.43. The second kappa shape index (κ2) is 10.6. The number of esters is 3. The monoisotopic (exact) mass is 475 g/mol. The van der Waals surface area contributed by atoms with Crippen molar-refractivity contribution in [1.82, 2.24) is 0 Å². The van der Waals surface area contributed by atoms with E-state index in [1.807, 2.05) is 0 Å². The molecule has 35 heavy (non-hydrogen) atoms. The Labute approximate surface area is 203 Å². The zero-order valence-corrected chi connectivity index (χ0v) is 19.8. The molecule has 0 fully saturated rings. The molecule has 2 unspecified atom stereocenters. The average molecular weight is 476 g/mol. The zero-order valence-electron chi connectivity index (χ0n) is 19.8. The predicted octanol–water partition coefficient (Wildman–Crippen LogP) is 2.86. The summed E-state index contributed by atoms with van der Waals surface area (Å²) in [6.07, 6.45) is 0. The number of hydrogen-bond acceptors (Lipinski definition) is 9. The van der Waals surface area contributed by atoms with E-state index in [1.54, 1.807) is 61.5 Å². The molecule has 0 saturated heterocycles. The molecule has 0 bridgehead atoms. The third kappa shape index (κ3) is 4.59. The number of benzene rings is 2. The summed E-state index contributed by atoms with van der Waals surface area (Å²) in [5.74, 6) is -3.56. The molecule has 2 aromatic carbocycles. The van der Waals surface area contributed by atoms with Crippen LogP contribution in [0.1, 0.15) is 29.9 Å². The van der Waals surface area contributed by atoms with Gasteiger partial charge >= 0.3 is 17.9 Å². The molecule has 0 aliphatic carbocycles. The minimum absolute atomic E-state index is 0.0387. The Bertz CT molecular complexity index is 1240. The molecule has 1 aliphatic rings. The summed E-state index contributed by atoms with van der Waals surface area (Å²) >= 11 is 0. The van der Waals surface area contributed by atoms with Gasteiger partial charge in [0, 0.05) is 5.69 Å². The van der Waals surface area contributed by atoms with Crippen LogP contribution in [0.15, 0.2) is 77.3 Å². The van der Waals surface area contributed by atoms with Crippen LogP contribution in [0.25, 0.3) is 0 Å². The summed E-state index contributed by atoms with van der Waals surface area (Å²) in [7, 11) is 3.68. The average Bonchev–Trinajstić information content (AvgIpc) is 2.91. The van der Waals surface area contributed by atoms with Crippen molar-refractivity contribution in [3.8, 4) is 6.07 Å². The number of nitrogens with zero attached hydrogens (tertiary/aromatic N) is 2. The summed E-state index contributed by atoms with van der Waals surface area (Å²) in [6.45, 7) is 1.70. The van der Waals surface area contributed by atoms with E-state index in [-0.39, 0.29) is 22.7 Å². The van der Waals surface area contributed by atoms with E-state index < -0.39 is 29.7 Å². The first-order valence-electron chi connectivity index (χ1n) is 10.6. The van der Waals surface area contributed by atoms with Crippen LogP contribution in [0.2, 0.25) is 0 Å². The normalized spacial score (nSPS) is 16.3. The fourth-order valence-electron chi connectivity index (χ4n) is 4.01. The Morgan fingerprint density at radius 3 is 2.06 bits per heavy atom. The van der Waals surface area contributed by atoms with Crippen molar-refractivity contribution < 1.29 is 28.6 Å². The van der Waals surface area contributed by atoms with Crippen molar-refractivity contribution >= 4 is 23.6 Å². The summed E-state index contributed by atoms with van der Waals surface area (Å²) in [5.41, 5.74) is 7.91. The SMILES string of the molecule is COC(=O)C1=C(C(=O)OC)N(c2ccc(C(C)C(=O)OC)cc2)C(N)=C(C#N)C1c1ccccc1. The van der Waals surface area contributed by atoms with Crippen LogP contribution in [-0.4, -0.2) is 39.2 Å². The van der Waals surface area contributed by atoms with Gasteiger partial charge in [0.25, 0.3) is 0 Å². The number of carbonyl (C=O) groups is 3. The number of anilines is 1. The van der Waals surface area contributed by atoms with Crippen molar-refractivity contribution in [3.05, 3.63) is 88.4 Å². The Kier molecular flexibility index (Phi) is 7.56. The van der Waals surface area contributed by atoms with Crippen LogP contribution >= 0.6 is 0 Å². The Balaban J connectivity index is 2.28. The van der Waals surface area contributed by atoms with Crippen molar-refractivity contribution in [3.63, 3.8) is 0 Å². The van der Waals surface area contributed by atoms with Crippen LogP contribution in [0, 0.1) is 11.3 Å². The van der Waals surface area contributed by atoms with Gasteiger partial charge < -0.3 is 19.9 Å². The van der Waals surface area contributed by atoms with Gasteiger partial charge in [-0.1, -0.05) is 42.5 Å². The molecule has 0 spiro atoms. The predicted molar refractivity (Wildman–Crippen MR) is 126 cm³/mol. The third-order valence-corrected chi connectivity index (χ3v) is 5.82. The molecule has 3 rings (SSSR count). The summed E-state index contributed by atoms with van der Waals surface area (Å²) in [5, 5.41) is 10.1. The zero-order chi connectivity index (χ0) is 25.7. The number of rotatable bonds is 6. The van der Waals surface area contributed by atoms with Crippen molar-refractivity contribution in [2.45, 2.75) is 18.8 Å². The minimum Gasteiger partial charge on any atom is -0.469 e. The number of nitrogens with two attached hydrogens (primary N) is 1. The number of allylic oxidation sites excluding steroid dienone is 1. The standard InChI is InChI=1S/C26H25N3O6/c1-15(24(30)33-2)16-10-12-18(13-11-16)29-22(26(32)35-4)21(25(31)34-3)20(19(14-27)23(29)28)17-8-6-5-7-9-17/h5-13,15,20H,28H2,1-4H3. The molecular formula is C26H25N3O6. The molecule has 9 nitrogen and oxygen atoms in total. The Hall–Kier alpha value is -4.58. The van der Waals surface area contributed by atoms with Crippen molar-refractivity contribution in [2.24, 2.45) is 5.73 Å². The maximum absolute atomic E-state index is 13.1. The highest BCUT2D eigenvalue weighted by Gasteiger charge is 2.43. The van der Waals surface area contributed by atoms with Gasteiger partial charge in [-0.2, -0.15) is 5.26 Å². The molecule has 0 radical (unpaired) electrons. The van der Waals surface area contributed by atoms with Gasteiger partial charge in [0.15, 0.2) is 0 Å². The topological polar surface area (TPSA) is 132 Å². The summed E-state index contributed by atoms with van der Waals surface area (Å²) in [6, 6.07) is 17.4. The minimum atomic E-state index is -0.947. The van der Waals surface area contributed by atoms with Crippen molar-refractivity contribution in [1.29, 1.82) is 5.26 Å². The maximum atomic E-state index is 13.1.